The van der Waals surface area contributed by atoms with Gasteiger partial charge in [0.2, 0.25) is 0 Å². The summed E-state index contributed by atoms with van der Waals surface area (Å²) in [6, 6.07) is 12.8. The highest BCUT2D eigenvalue weighted by Crippen LogP contribution is 2.16. The van der Waals surface area contributed by atoms with Gasteiger partial charge in [0.25, 0.3) is 0 Å². The molecule has 2 aromatic carbocycles. The number of aliphatic hydroxyl groups is 1. The Morgan fingerprint density at radius 3 is 2.30 bits per heavy atom. The molecular weight excluding hydrogens is 257 g/mol. The van der Waals surface area contributed by atoms with E-state index in [1.54, 1.807) is 36.4 Å². The SMILES string of the molecule is CC(=O)c1ccc(NCC(O)c2ccc(F)cc2)cc1. The molecule has 0 bridgehead atoms. The monoisotopic (exact) mass is 273 g/mol. The van der Waals surface area contributed by atoms with Gasteiger partial charge in [0.05, 0.1) is 6.10 Å². The van der Waals surface area contributed by atoms with Crippen molar-refractivity contribution >= 4 is 11.5 Å². The van der Waals surface area contributed by atoms with Gasteiger partial charge in [-0.2, -0.15) is 0 Å². The minimum atomic E-state index is -0.719. The van der Waals surface area contributed by atoms with Crippen LogP contribution < -0.4 is 5.32 Å². The fraction of sp³-hybridized carbons (Fsp3) is 0.188. The first-order valence-corrected chi connectivity index (χ1v) is 6.34. The molecule has 20 heavy (non-hydrogen) atoms. The van der Waals surface area contributed by atoms with E-state index >= 15 is 0 Å². The first-order valence-electron chi connectivity index (χ1n) is 6.34. The van der Waals surface area contributed by atoms with Crippen LogP contribution in [0.5, 0.6) is 0 Å². The Morgan fingerprint density at radius 2 is 1.75 bits per heavy atom. The summed E-state index contributed by atoms with van der Waals surface area (Å²) in [5.41, 5.74) is 2.12. The molecule has 0 fully saturated rings. The number of nitrogens with one attached hydrogen (secondary N) is 1. The number of carbonyl (C=O) groups is 1. The van der Waals surface area contributed by atoms with Crippen LogP contribution in [0.25, 0.3) is 0 Å². The number of Topliss-reactive ketones (excluding diaryl/α,β-unsaturated/α-hetero) is 1. The zero-order valence-electron chi connectivity index (χ0n) is 11.1. The summed E-state index contributed by atoms with van der Waals surface area (Å²) in [7, 11) is 0. The Bertz CT molecular complexity index is 578. The van der Waals surface area contributed by atoms with E-state index in [-0.39, 0.29) is 11.6 Å². The summed E-state index contributed by atoms with van der Waals surface area (Å²) in [5, 5.41) is 13.0. The Labute approximate surface area is 117 Å². The predicted octanol–water partition coefficient (Wildman–Crippen LogP) is 3.17. The van der Waals surface area contributed by atoms with Crippen LogP contribution in [0.1, 0.15) is 28.9 Å². The number of ketones is 1. The van der Waals surface area contributed by atoms with E-state index in [9.17, 15) is 14.3 Å². The lowest BCUT2D eigenvalue weighted by Gasteiger charge is -2.13. The maximum absolute atomic E-state index is 12.8. The van der Waals surface area contributed by atoms with Crippen LogP contribution in [0.2, 0.25) is 0 Å². The van der Waals surface area contributed by atoms with E-state index in [0.29, 0.717) is 17.7 Å². The summed E-state index contributed by atoms with van der Waals surface area (Å²) in [6.45, 7) is 1.83. The molecule has 1 unspecified atom stereocenters. The molecular formula is C16H16FNO2. The lowest BCUT2D eigenvalue weighted by Crippen LogP contribution is -2.12. The van der Waals surface area contributed by atoms with Crippen LogP contribution in [-0.4, -0.2) is 17.4 Å². The van der Waals surface area contributed by atoms with E-state index < -0.39 is 6.10 Å². The van der Waals surface area contributed by atoms with Gasteiger partial charge in [-0.1, -0.05) is 12.1 Å². The Balaban J connectivity index is 1.94. The first kappa shape index (κ1) is 14.2. The van der Waals surface area contributed by atoms with Gasteiger partial charge in [-0.25, -0.2) is 4.39 Å². The van der Waals surface area contributed by atoms with Gasteiger partial charge in [-0.3, -0.25) is 4.79 Å². The number of anilines is 1. The van der Waals surface area contributed by atoms with Crippen LogP contribution in [0.3, 0.4) is 0 Å². The van der Waals surface area contributed by atoms with Gasteiger partial charge in [0.1, 0.15) is 5.82 Å². The average molecular weight is 273 g/mol. The minimum absolute atomic E-state index is 0.0166. The van der Waals surface area contributed by atoms with Crippen molar-refractivity contribution in [1.82, 2.24) is 0 Å². The molecule has 0 amide bonds. The molecule has 0 saturated heterocycles. The normalized spacial score (nSPS) is 11.9. The van der Waals surface area contributed by atoms with Crippen molar-refractivity contribution in [3.63, 3.8) is 0 Å². The van der Waals surface area contributed by atoms with Crippen LogP contribution in [-0.2, 0) is 0 Å². The summed E-state index contributed by atoms with van der Waals surface area (Å²) in [6.07, 6.45) is -0.719. The van der Waals surface area contributed by atoms with Crippen molar-refractivity contribution in [2.24, 2.45) is 0 Å². The van der Waals surface area contributed by atoms with Crippen molar-refractivity contribution < 1.29 is 14.3 Å². The van der Waals surface area contributed by atoms with Gasteiger partial charge in [0, 0.05) is 17.8 Å². The summed E-state index contributed by atoms with van der Waals surface area (Å²) >= 11 is 0. The zero-order valence-corrected chi connectivity index (χ0v) is 11.1. The number of carbonyl (C=O) groups excluding carboxylic acids is 1. The molecule has 0 aliphatic heterocycles. The number of aliphatic hydroxyl groups excluding tert-OH is 1. The number of halogens is 1. The van der Waals surface area contributed by atoms with Crippen LogP contribution in [0.15, 0.2) is 48.5 Å². The van der Waals surface area contributed by atoms with Gasteiger partial charge in [0.15, 0.2) is 5.78 Å². The molecule has 1 atom stereocenters. The summed E-state index contributed by atoms with van der Waals surface area (Å²) in [5.74, 6) is -0.309. The van der Waals surface area contributed by atoms with Crippen molar-refractivity contribution in [3.8, 4) is 0 Å². The highest BCUT2D eigenvalue weighted by Gasteiger charge is 2.07. The number of rotatable bonds is 5. The highest BCUT2D eigenvalue weighted by molar-refractivity contribution is 5.94. The highest BCUT2D eigenvalue weighted by atomic mass is 19.1. The first-order chi connectivity index (χ1) is 9.56. The summed E-state index contributed by atoms with van der Waals surface area (Å²) in [4.78, 5) is 11.1. The van der Waals surface area contributed by atoms with Crippen LogP contribution >= 0.6 is 0 Å². The fourth-order valence-corrected chi connectivity index (χ4v) is 1.84. The second-order valence-electron chi connectivity index (χ2n) is 4.58. The fourth-order valence-electron chi connectivity index (χ4n) is 1.84. The molecule has 4 heteroatoms. The standard InChI is InChI=1S/C16H16FNO2/c1-11(19)12-4-8-15(9-5-12)18-10-16(20)13-2-6-14(17)7-3-13/h2-9,16,18,20H,10H2,1H3. The Morgan fingerprint density at radius 1 is 1.15 bits per heavy atom. The molecule has 0 saturated carbocycles. The molecule has 0 aliphatic carbocycles. The quantitative estimate of drug-likeness (QED) is 0.823. The summed E-state index contributed by atoms with van der Waals surface area (Å²) < 4.78 is 12.8. The van der Waals surface area contributed by atoms with E-state index in [0.717, 1.165) is 5.69 Å². The smallest absolute Gasteiger partial charge is 0.159 e. The van der Waals surface area contributed by atoms with Gasteiger partial charge in [-0.05, 0) is 48.9 Å². The van der Waals surface area contributed by atoms with Crippen molar-refractivity contribution in [2.45, 2.75) is 13.0 Å². The molecule has 0 heterocycles. The minimum Gasteiger partial charge on any atom is -0.387 e. The average Bonchev–Trinajstić information content (AvgIpc) is 2.46. The van der Waals surface area contributed by atoms with E-state index in [1.165, 1.54) is 19.1 Å². The number of hydrogen-bond acceptors (Lipinski definition) is 3. The Kier molecular flexibility index (Phi) is 4.48. The van der Waals surface area contributed by atoms with Crippen LogP contribution in [0.4, 0.5) is 10.1 Å². The largest absolute Gasteiger partial charge is 0.387 e. The zero-order chi connectivity index (χ0) is 14.5. The molecule has 2 aromatic rings. The second-order valence-corrected chi connectivity index (χ2v) is 4.58. The van der Waals surface area contributed by atoms with E-state index in [1.807, 2.05) is 0 Å². The van der Waals surface area contributed by atoms with Gasteiger partial charge < -0.3 is 10.4 Å². The molecule has 2 N–H and O–H groups in total. The maximum atomic E-state index is 12.8. The van der Waals surface area contributed by atoms with Gasteiger partial charge in [-0.15, -0.1) is 0 Å². The maximum Gasteiger partial charge on any atom is 0.159 e. The third-order valence-electron chi connectivity index (χ3n) is 3.05. The molecule has 104 valence electrons. The Hall–Kier alpha value is -2.20. The van der Waals surface area contributed by atoms with Crippen molar-refractivity contribution in [3.05, 3.63) is 65.5 Å². The number of benzene rings is 2. The van der Waals surface area contributed by atoms with Crippen molar-refractivity contribution in [1.29, 1.82) is 0 Å². The molecule has 3 nitrogen and oxygen atoms in total. The van der Waals surface area contributed by atoms with Crippen molar-refractivity contribution in [2.75, 3.05) is 11.9 Å². The molecule has 0 aromatic heterocycles. The molecule has 0 radical (unpaired) electrons. The number of hydrogen-bond donors (Lipinski definition) is 2. The van der Waals surface area contributed by atoms with E-state index in [4.69, 9.17) is 0 Å². The molecule has 0 spiro atoms. The lowest BCUT2D eigenvalue weighted by molar-refractivity contribution is 0.101. The second kappa shape index (κ2) is 6.30. The van der Waals surface area contributed by atoms with Gasteiger partial charge >= 0.3 is 0 Å². The molecule has 0 aliphatic rings. The lowest BCUT2D eigenvalue weighted by atomic mass is 10.1. The predicted molar refractivity (Wildman–Crippen MR) is 76.3 cm³/mol. The third-order valence-corrected chi connectivity index (χ3v) is 3.05. The van der Waals surface area contributed by atoms with Crippen LogP contribution in [0, 0.1) is 5.82 Å². The topological polar surface area (TPSA) is 49.3 Å². The third kappa shape index (κ3) is 3.65. The molecule has 2 rings (SSSR count). The van der Waals surface area contributed by atoms with E-state index in [2.05, 4.69) is 5.32 Å².